The molecular weight excluding hydrogens is 340 g/mol. The van der Waals surface area contributed by atoms with E-state index in [1.165, 1.54) is 13.2 Å². The quantitative estimate of drug-likeness (QED) is 0.792. The van der Waals surface area contributed by atoms with Crippen LogP contribution in [-0.2, 0) is 16.6 Å². The average Bonchev–Trinajstić information content (AvgIpc) is 3.44. The normalized spacial score (nSPS) is 14.1. The van der Waals surface area contributed by atoms with Crippen LogP contribution < -0.4 is 14.8 Å². The molecule has 1 aliphatic carbocycles. The molecule has 3 rings (SSSR count). The first-order valence-electron chi connectivity index (χ1n) is 8.02. The summed E-state index contributed by atoms with van der Waals surface area (Å²) in [7, 11) is -2.26. The van der Waals surface area contributed by atoms with E-state index in [9.17, 15) is 13.2 Å². The largest absolute Gasteiger partial charge is 0.495 e. The number of para-hydroxylation sites is 1. The molecule has 25 heavy (non-hydrogen) atoms. The van der Waals surface area contributed by atoms with Crippen LogP contribution in [0.3, 0.4) is 0 Å². The summed E-state index contributed by atoms with van der Waals surface area (Å²) >= 11 is 0. The number of methoxy groups -OCH3 is 1. The highest BCUT2D eigenvalue weighted by atomic mass is 32.2. The first kappa shape index (κ1) is 17.4. The lowest BCUT2D eigenvalue weighted by Gasteiger charge is -2.11. The number of nitrogens with one attached hydrogen (secondary N) is 2. The molecule has 2 aromatic rings. The van der Waals surface area contributed by atoms with Crippen molar-refractivity contribution in [2.45, 2.75) is 30.3 Å². The lowest BCUT2D eigenvalue weighted by atomic mass is 10.1. The molecular formula is C18H20N2O4S. The van der Waals surface area contributed by atoms with Gasteiger partial charge in [0.05, 0.1) is 7.11 Å². The third-order valence-corrected chi connectivity index (χ3v) is 5.39. The number of hydrogen-bond donors (Lipinski definition) is 2. The zero-order chi connectivity index (χ0) is 17.9. The van der Waals surface area contributed by atoms with Gasteiger partial charge in [-0.05, 0) is 42.7 Å². The number of carbonyl (C=O) groups is 1. The van der Waals surface area contributed by atoms with Gasteiger partial charge in [0.15, 0.2) is 0 Å². The van der Waals surface area contributed by atoms with Crippen molar-refractivity contribution >= 4 is 15.9 Å². The van der Waals surface area contributed by atoms with E-state index >= 15 is 0 Å². The Kier molecular flexibility index (Phi) is 5.06. The minimum atomic E-state index is -3.69. The van der Waals surface area contributed by atoms with E-state index in [-0.39, 0.29) is 17.3 Å². The van der Waals surface area contributed by atoms with Crippen LogP contribution in [0.15, 0.2) is 53.4 Å². The van der Waals surface area contributed by atoms with Crippen LogP contribution in [0.1, 0.15) is 28.8 Å². The molecule has 0 heterocycles. The fourth-order valence-corrected chi connectivity index (χ4v) is 3.55. The summed E-state index contributed by atoms with van der Waals surface area (Å²) in [6.45, 7) is 0.130. The fraction of sp³-hybridized carbons (Fsp3) is 0.278. The first-order chi connectivity index (χ1) is 12.0. The summed E-state index contributed by atoms with van der Waals surface area (Å²) in [5.74, 6) is 0.200. The van der Waals surface area contributed by atoms with Crippen molar-refractivity contribution in [2.24, 2.45) is 0 Å². The van der Waals surface area contributed by atoms with E-state index in [4.69, 9.17) is 4.74 Å². The topological polar surface area (TPSA) is 84.5 Å². The molecule has 0 aromatic heterocycles. The maximum atomic E-state index is 12.4. The highest BCUT2D eigenvalue weighted by Gasteiger charge is 2.23. The Morgan fingerprint density at radius 3 is 2.44 bits per heavy atom. The van der Waals surface area contributed by atoms with Crippen molar-refractivity contribution in [3.8, 4) is 5.75 Å². The molecule has 0 radical (unpaired) electrons. The smallest absolute Gasteiger partial charge is 0.251 e. The average molecular weight is 360 g/mol. The number of benzene rings is 2. The van der Waals surface area contributed by atoms with E-state index in [0.717, 1.165) is 18.4 Å². The van der Waals surface area contributed by atoms with Gasteiger partial charge >= 0.3 is 0 Å². The molecule has 1 amide bonds. The summed E-state index contributed by atoms with van der Waals surface area (Å²) < 4.78 is 32.5. The molecule has 2 aromatic carbocycles. The van der Waals surface area contributed by atoms with Crippen molar-refractivity contribution in [3.63, 3.8) is 0 Å². The van der Waals surface area contributed by atoms with Gasteiger partial charge in [0, 0.05) is 18.2 Å². The monoisotopic (exact) mass is 360 g/mol. The molecule has 7 heteroatoms. The summed E-state index contributed by atoms with van der Waals surface area (Å²) in [4.78, 5) is 12.0. The molecule has 2 N–H and O–H groups in total. The van der Waals surface area contributed by atoms with E-state index in [0.29, 0.717) is 17.4 Å². The Labute approximate surface area is 147 Å². The maximum absolute atomic E-state index is 12.4. The van der Waals surface area contributed by atoms with Gasteiger partial charge in [-0.1, -0.05) is 24.3 Å². The lowest BCUT2D eigenvalue weighted by Crippen LogP contribution is -2.25. The molecule has 0 saturated heterocycles. The van der Waals surface area contributed by atoms with Crippen LogP contribution in [0.5, 0.6) is 5.75 Å². The van der Waals surface area contributed by atoms with Gasteiger partial charge in [-0.15, -0.1) is 0 Å². The van der Waals surface area contributed by atoms with E-state index in [1.54, 1.807) is 42.5 Å². The molecule has 0 aliphatic heterocycles. The van der Waals surface area contributed by atoms with Crippen LogP contribution in [0.2, 0.25) is 0 Å². The molecule has 1 fully saturated rings. The molecule has 0 unspecified atom stereocenters. The molecule has 1 aliphatic rings. The Morgan fingerprint density at radius 1 is 1.12 bits per heavy atom. The van der Waals surface area contributed by atoms with Crippen LogP contribution in [0, 0.1) is 0 Å². The number of sulfonamides is 1. The van der Waals surface area contributed by atoms with Crippen LogP contribution in [0.4, 0.5) is 0 Å². The van der Waals surface area contributed by atoms with Crippen LogP contribution in [0.25, 0.3) is 0 Å². The minimum absolute atomic E-state index is 0.0938. The molecule has 0 bridgehead atoms. The number of hydrogen-bond acceptors (Lipinski definition) is 4. The summed E-state index contributed by atoms with van der Waals surface area (Å²) in [6.07, 6.45) is 2.07. The number of rotatable bonds is 7. The number of amides is 1. The summed E-state index contributed by atoms with van der Waals surface area (Å²) in [5.41, 5.74) is 1.34. The second-order valence-corrected chi connectivity index (χ2v) is 7.66. The predicted octanol–water partition coefficient (Wildman–Crippen LogP) is 2.07. The van der Waals surface area contributed by atoms with Crippen molar-refractivity contribution in [2.75, 3.05) is 7.11 Å². The van der Waals surface area contributed by atoms with Gasteiger partial charge in [0.1, 0.15) is 10.6 Å². The summed E-state index contributed by atoms with van der Waals surface area (Å²) in [5, 5.41) is 2.92. The molecule has 0 spiro atoms. The highest BCUT2D eigenvalue weighted by Crippen LogP contribution is 2.23. The van der Waals surface area contributed by atoms with Crippen molar-refractivity contribution in [1.82, 2.24) is 10.0 Å². The van der Waals surface area contributed by atoms with E-state index < -0.39 is 10.0 Å². The van der Waals surface area contributed by atoms with Gasteiger partial charge in [-0.25, -0.2) is 13.1 Å². The third kappa shape index (κ3) is 4.37. The minimum Gasteiger partial charge on any atom is -0.495 e. The zero-order valence-corrected chi connectivity index (χ0v) is 14.7. The number of carbonyl (C=O) groups excluding carboxylic acids is 1. The van der Waals surface area contributed by atoms with Crippen molar-refractivity contribution < 1.29 is 17.9 Å². The Hall–Kier alpha value is -2.38. The van der Waals surface area contributed by atoms with Gasteiger partial charge in [-0.2, -0.15) is 0 Å². The fourth-order valence-electron chi connectivity index (χ4n) is 2.37. The standard InChI is InChI=1S/C18H20N2O4S/c1-24-16-4-2-3-5-17(16)25(22,23)19-12-13-6-8-14(9-7-13)18(21)20-15-10-11-15/h2-9,15,19H,10-12H2,1H3,(H,20,21). The third-order valence-electron chi connectivity index (χ3n) is 3.95. The number of ether oxygens (including phenoxy) is 1. The Morgan fingerprint density at radius 2 is 1.80 bits per heavy atom. The molecule has 6 nitrogen and oxygen atoms in total. The molecule has 1 saturated carbocycles. The van der Waals surface area contributed by atoms with Crippen molar-refractivity contribution in [1.29, 1.82) is 0 Å². The Bertz CT molecular complexity index is 859. The molecule has 0 atom stereocenters. The van der Waals surface area contributed by atoms with E-state index in [2.05, 4.69) is 10.0 Å². The predicted molar refractivity (Wildman–Crippen MR) is 93.9 cm³/mol. The second-order valence-electron chi connectivity index (χ2n) is 5.92. The van der Waals surface area contributed by atoms with E-state index in [1.807, 2.05) is 0 Å². The maximum Gasteiger partial charge on any atom is 0.251 e. The van der Waals surface area contributed by atoms with Crippen LogP contribution in [-0.4, -0.2) is 27.5 Å². The SMILES string of the molecule is COc1ccccc1S(=O)(=O)NCc1ccc(C(=O)NC2CC2)cc1. The first-order valence-corrected chi connectivity index (χ1v) is 9.50. The van der Waals surface area contributed by atoms with Crippen molar-refractivity contribution in [3.05, 3.63) is 59.7 Å². The Balaban J connectivity index is 1.65. The zero-order valence-electron chi connectivity index (χ0n) is 13.9. The van der Waals surface area contributed by atoms with Gasteiger partial charge in [0.25, 0.3) is 5.91 Å². The van der Waals surface area contributed by atoms with Gasteiger partial charge < -0.3 is 10.1 Å². The second kappa shape index (κ2) is 7.25. The summed E-state index contributed by atoms with van der Waals surface area (Å²) in [6, 6.07) is 13.6. The molecule has 132 valence electrons. The van der Waals surface area contributed by atoms with Crippen LogP contribution >= 0.6 is 0 Å². The van der Waals surface area contributed by atoms with Gasteiger partial charge in [-0.3, -0.25) is 4.79 Å². The highest BCUT2D eigenvalue weighted by molar-refractivity contribution is 7.89. The lowest BCUT2D eigenvalue weighted by molar-refractivity contribution is 0.0951. The van der Waals surface area contributed by atoms with Gasteiger partial charge in [0.2, 0.25) is 10.0 Å².